The summed E-state index contributed by atoms with van der Waals surface area (Å²) >= 11 is 0. The van der Waals surface area contributed by atoms with Crippen LogP contribution in [0.25, 0.3) is 0 Å². The van der Waals surface area contributed by atoms with Crippen LogP contribution in [-0.2, 0) is 4.74 Å². The van der Waals surface area contributed by atoms with Crippen molar-refractivity contribution >= 4 is 6.09 Å². The standard InChI is InChI=1S/C12H21FN2O2/c1-12(2,3)17-11(16)15-7-10(8-15)14-5-4-9(13)6-14/h9-10H,4-8H2,1-3H3. The van der Waals surface area contributed by atoms with Gasteiger partial charge in [-0.05, 0) is 27.2 Å². The zero-order valence-corrected chi connectivity index (χ0v) is 10.8. The van der Waals surface area contributed by atoms with Gasteiger partial charge in [-0.2, -0.15) is 0 Å². The maximum atomic E-state index is 13.0. The van der Waals surface area contributed by atoms with Crippen molar-refractivity contribution in [3.8, 4) is 0 Å². The molecule has 0 saturated carbocycles. The highest BCUT2D eigenvalue weighted by atomic mass is 19.1. The van der Waals surface area contributed by atoms with E-state index in [1.165, 1.54) is 0 Å². The number of amides is 1. The Hall–Kier alpha value is -0.840. The van der Waals surface area contributed by atoms with Gasteiger partial charge in [0, 0.05) is 32.2 Å². The van der Waals surface area contributed by atoms with E-state index in [9.17, 15) is 9.18 Å². The van der Waals surface area contributed by atoms with Crippen molar-refractivity contribution in [2.24, 2.45) is 0 Å². The third-order valence-corrected chi connectivity index (χ3v) is 3.19. The first-order valence-corrected chi connectivity index (χ1v) is 6.21. The van der Waals surface area contributed by atoms with Crippen molar-refractivity contribution in [1.82, 2.24) is 9.80 Å². The Labute approximate surface area is 102 Å². The van der Waals surface area contributed by atoms with E-state index in [2.05, 4.69) is 4.90 Å². The number of hydrogen-bond acceptors (Lipinski definition) is 3. The monoisotopic (exact) mass is 244 g/mol. The van der Waals surface area contributed by atoms with Crippen molar-refractivity contribution in [2.75, 3.05) is 26.2 Å². The summed E-state index contributed by atoms with van der Waals surface area (Å²) < 4.78 is 18.3. The van der Waals surface area contributed by atoms with Crippen LogP contribution in [0.5, 0.6) is 0 Å². The van der Waals surface area contributed by atoms with Gasteiger partial charge >= 0.3 is 6.09 Å². The van der Waals surface area contributed by atoms with Gasteiger partial charge < -0.3 is 9.64 Å². The average molecular weight is 244 g/mol. The molecule has 0 aromatic carbocycles. The maximum absolute atomic E-state index is 13.0. The summed E-state index contributed by atoms with van der Waals surface area (Å²) in [6, 6.07) is 0.322. The van der Waals surface area contributed by atoms with E-state index < -0.39 is 11.8 Å². The summed E-state index contributed by atoms with van der Waals surface area (Å²) in [5.41, 5.74) is -0.445. The van der Waals surface area contributed by atoms with Gasteiger partial charge in [-0.3, -0.25) is 4.90 Å². The summed E-state index contributed by atoms with van der Waals surface area (Å²) in [6.07, 6.45) is -0.321. The predicted molar refractivity (Wildman–Crippen MR) is 62.7 cm³/mol. The van der Waals surface area contributed by atoms with Crippen molar-refractivity contribution in [2.45, 2.75) is 45.0 Å². The average Bonchev–Trinajstić information content (AvgIpc) is 2.45. The Morgan fingerprint density at radius 1 is 1.29 bits per heavy atom. The number of carbonyl (C=O) groups is 1. The highest BCUT2D eigenvalue weighted by Gasteiger charge is 2.39. The Bertz CT molecular complexity index is 297. The molecular weight excluding hydrogens is 223 g/mol. The lowest BCUT2D eigenvalue weighted by atomic mass is 10.1. The van der Waals surface area contributed by atoms with E-state index in [0.29, 0.717) is 32.1 Å². The molecule has 2 saturated heterocycles. The van der Waals surface area contributed by atoms with E-state index in [-0.39, 0.29) is 6.09 Å². The Balaban J connectivity index is 1.73. The highest BCUT2D eigenvalue weighted by molar-refractivity contribution is 5.69. The van der Waals surface area contributed by atoms with E-state index >= 15 is 0 Å². The van der Waals surface area contributed by atoms with Gasteiger partial charge in [-0.15, -0.1) is 0 Å². The molecule has 98 valence electrons. The first-order valence-electron chi connectivity index (χ1n) is 6.21. The van der Waals surface area contributed by atoms with Gasteiger partial charge in [0.25, 0.3) is 0 Å². The fraction of sp³-hybridized carbons (Fsp3) is 0.917. The van der Waals surface area contributed by atoms with Crippen LogP contribution in [0.3, 0.4) is 0 Å². The SMILES string of the molecule is CC(C)(C)OC(=O)N1CC(N2CCC(F)C2)C1. The van der Waals surface area contributed by atoms with Crippen molar-refractivity contribution < 1.29 is 13.9 Å². The van der Waals surface area contributed by atoms with Gasteiger partial charge in [0.2, 0.25) is 0 Å². The lowest BCUT2D eigenvalue weighted by molar-refractivity contribution is -0.0120. The third-order valence-electron chi connectivity index (χ3n) is 3.19. The zero-order chi connectivity index (χ0) is 12.6. The topological polar surface area (TPSA) is 32.8 Å². The van der Waals surface area contributed by atoms with Gasteiger partial charge in [0.05, 0.1) is 0 Å². The molecule has 1 atom stereocenters. The number of halogens is 1. The number of alkyl halides is 1. The lowest BCUT2D eigenvalue weighted by Gasteiger charge is -2.43. The van der Waals surface area contributed by atoms with E-state index in [1.807, 2.05) is 20.8 Å². The van der Waals surface area contributed by atoms with Crippen molar-refractivity contribution in [3.05, 3.63) is 0 Å². The summed E-state index contributed by atoms with van der Waals surface area (Å²) in [7, 11) is 0. The molecule has 0 radical (unpaired) electrons. The van der Waals surface area contributed by atoms with Crippen LogP contribution >= 0.6 is 0 Å². The van der Waals surface area contributed by atoms with E-state index in [0.717, 1.165) is 6.54 Å². The number of rotatable bonds is 1. The summed E-state index contributed by atoms with van der Waals surface area (Å²) in [6.45, 7) is 8.24. The number of ether oxygens (including phenoxy) is 1. The molecule has 2 aliphatic heterocycles. The summed E-state index contributed by atoms with van der Waals surface area (Å²) in [5.74, 6) is 0. The van der Waals surface area contributed by atoms with Crippen LogP contribution < -0.4 is 0 Å². The number of carbonyl (C=O) groups excluding carboxylic acids is 1. The largest absolute Gasteiger partial charge is 0.444 e. The molecule has 0 N–H and O–H groups in total. The number of likely N-dealkylation sites (tertiary alicyclic amines) is 2. The van der Waals surface area contributed by atoms with Crippen LogP contribution in [-0.4, -0.2) is 59.9 Å². The quantitative estimate of drug-likeness (QED) is 0.703. The summed E-state index contributed by atoms with van der Waals surface area (Å²) in [5, 5.41) is 0. The molecule has 2 heterocycles. The molecule has 0 aromatic heterocycles. The minimum atomic E-state index is -0.689. The third kappa shape index (κ3) is 3.09. The van der Waals surface area contributed by atoms with Gasteiger partial charge in [-0.1, -0.05) is 0 Å². The van der Waals surface area contributed by atoms with Crippen LogP contribution in [0.4, 0.5) is 9.18 Å². The Morgan fingerprint density at radius 3 is 2.41 bits per heavy atom. The fourth-order valence-electron chi connectivity index (χ4n) is 2.24. The van der Waals surface area contributed by atoms with Crippen molar-refractivity contribution in [3.63, 3.8) is 0 Å². The minimum absolute atomic E-state index is 0.259. The molecule has 2 rings (SSSR count). The maximum Gasteiger partial charge on any atom is 0.410 e. The van der Waals surface area contributed by atoms with Gasteiger partial charge in [0.15, 0.2) is 0 Å². The molecule has 4 nitrogen and oxygen atoms in total. The summed E-state index contributed by atoms with van der Waals surface area (Å²) in [4.78, 5) is 15.5. The molecular formula is C12H21FN2O2. The second-order valence-corrected chi connectivity index (χ2v) is 5.92. The van der Waals surface area contributed by atoms with Gasteiger partial charge in [-0.25, -0.2) is 9.18 Å². The first-order chi connectivity index (χ1) is 7.85. The Kier molecular flexibility index (Phi) is 3.30. The smallest absolute Gasteiger partial charge is 0.410 e. The highest BCUT2D eigenvalue weighted by Crippen LogP contribution is 2.23. The van der Waals surface area contributed by atoms with Crippen LogP contribution in [0.15, 0.2) is 0 Å². The second-order valence-electron chi connectivity index (χ2n) is 5.92. The molecule has 2 fully saturated rings. The molecule has 1 amide bonds. The zero-order valence-electron chi connectivity index (χ0n) is 10.8. The van der Waals surface area contributed by atoms with Crippen LogP contribution in [0, 0.1) is 0 Å². The van der Waals surface area contributed by atoms with E-state index in [1.54, 1.807) is 4.90 Å². The lowest BCUT2D eigenvalue weighted by Crippen LogP contribution is -2.61. The fourth-order valence-corrected chi connectivity index (χ4v) is 2.24. The molecule has 0 spiro atoms. The molecule has 0 aromatic rings. The molecule has 0 aliphatic carbocycles. The normalized spacial score (nSPS) is 27.1. The molecule has 2 aliphatic rings. The predicted octanol–water partition coefficient (Wildman–Crippen LogP) is 1.65. The molecule has 17 heavy (non-hydrogen) atoms. The van der Waals surface area contributed by atoms with Gasteiger partial charge in [0.1, 0.15) is 11.8 Å². The Morgan fingerprint density at radius 2 is 1.94 bits per heavy atom. The first kappa shape index (κ1) is 12.6. The van der Waals surface area contributed by atoms with E-state index in [4.69, 9.17) is 4.74 Å². The molecule has 0 bridgehead atoms. The number of nitrogens with zero attached hydrogens (tertiary/aromatic N) is 2. The minimum Gasteiger partial charge on any atom is -0.444 e. The van der Waals surface area contributed by atoms with Crippen molar-refractivity contribution in [1.29, 1.82) is 0 Å². The molecule has 5 heteroatoms. The van der Waals surface area contributed by atoms with Crippen LogP contribution in [0.1, 0.15) is 27.2 Å². The second kappa shape index (κ2) is 4.44. The van der Waals surface area contributed by atoms with Crippen LogP contribution in [0.2, 0.25) is 0 Å². The number of hydrogen-bond donors (Lipinski definition) is 0. The molecule has 1 unspecified atom stereocenters.